The van der Waals surface area contributed by atoms with Crippen LogP contribution in [0, 0.1) is 6.92 Å². The molecule has 7 nitrogen and oxygen atoms in total. The van der Waals surface area contributed by atoms with Crippen molar-refractivity contribution in [1.82, 2.24) is 14.6 Å². The zero-order valence-corrected chi connectivity index (χ0v) is 13.7. The molecule has 0 saturated heterocycles. The lowest BCUT2D eigenvalue weighted by molar-refractivity contribution is 0.0701. The van der Waals surface area contributed by atoms with Crippen molar-refractivity contribution in [3.05, 3.63) is 40.2 Å². The van der Waals surface area contributed by atoms with Gasteiger partial charge in [-0.25, -0.2) is 14.3 Å². The summed E-state index contributed by atoms with van der Waals surface area (Å²) in [5, 5.41) is 13.5. The number of hydrogen-bond donors (Lipinski definition) is 1. The molecule has 0 saturated carbocycles. The molecule has 23 heavy (non-hydrogen) atoms. The molecule has 120 valence electrons. The number of methoxy groups -OCH3 is 2. The summed E-state index contributed by atoms with van der Waals surface area (Å²) in [4.78, 5) is 16.4. The number of hydrogen-bond acceptors (Lipinski definition) is 6. The van der Waals surface area contributed by atoms with E-state index in [2.05, 4.69) is 10.1 Å². The largest absolute Gasteiger partial charge is 0.493 e. The van der Waals surface area contributed by atoms with Crippen molar-refractivity contribution < 1.29 is 19.4 Å². The fourth-order valence-corrected chi connectivity index (χ4v) is 3.25. The van der Waals surface area contributed by atoms with Crippen molar-refractivity contribution in [3.8, 4) is 11.5 Å². The molecule has 0 unspecified atom stereocenters. The van der Waals surface area contributed by atoms with Crippen LogP contribution in [-0.4, -0.2) is 39.9 Å². The van der Waals surface area contributed by atoms with Gasteiger partial charge < -0.3 is 14.6 Å². The van der Waals surface area contributed by atoms with Gasteiger partial charge in [-0.15, -0.1) is 5.10 Å². The molecule has 1 N–H and O–H groups in total. The highest BCUT2D eigenvalue weighted by Gasteiger charge is 2.18. The fraction of sp³-hybridized carbons (Fsp3) is 0.267. The van der Waals surface area contributed by atoms with Gasteiger partial charge in [-0.3, -0.25) is 0 Å². The van der Waals surface area contributed by atoms with Crippen LogP contribution in [0.5, 0.6) is 11.5 Å². The first-order valence-corrected chi connectivity index (χ1v) is 7.64. The lowest BCUT2D eigenvalue weighted by atomic mass is 10.1. The summed E-state index contributed by atoms with van der Waals surface area (Å²) >= 11 is 1.12. The Balaban J connectivity index is 1.91. The Labute approximate surface area is 136 Å². The van der Waals surface area contributed by atoms with Crippen LogP contribution >= 0.6 is 11.3 Å². The minimum absolute atomic E-state index is 0.262. The van der Waals surface area contributed by atoms with Gasteiger partial charge in [0.1, 0.15) is 4.88 Å². The summed E-state index contributed by atoms with van der Waals surface area (Å²) in [5.74, 6) is 0.983. The van der Waals surface area contributed by atoms with E-state index < -0.39 is 5.97 Å². The summed E-state index contributed by atoms with van der Waals surface area (Å²) in [5.41, 5.74) is 1.57. The fourth-order valence-electron chi connectivity index (χ4n) is 2.33. The predicted molar refractivity (Wildman–Crippen MR) is 84.9 cm³/mol. The SMILES string of the molecule is COc1ccc(Cc2nc3sc(C(=O)O)c(C)n3n2)cc1OC. The Kier molecular flexibility index (Phi) is 3.91. The summed E-state index contributed by atoms with van der Waals surface area (Å²) in [6.07, 6.45) is 0.524. The van der Waals surface area contributed by atoms with Crippen LogP contribution in [0.1, 0.15) is 26.8 Å². The van der Waals surface area contributed by atoms with Crippen molar-refractivity contribution in [2.24, 2.45) is 0 Å². The van der Waals surface area contributed by atoms with Crippen molar-refractivity contribution in [2.75, 3.05) is 14.2 Å². The number of benzene rings is 1. The minimum Gasteiger partial charge on any atom is -0.493 e. The van der Waals surface area contributed by atoms with Gasteiger partial charge in [-0.2, -0.15) is 0 Å². The molecule has 0 spiro atoms. The van der Waals surface area contributed by atoms with Crippen molar-refractivity contribution in [3.63, 3.8) is 0 Å². The molecule has 0 amide bonds. The molecule has 3 rings (SSSR count). The number of aromatic carboxylic acids is 1. The smallest absolute Gasteiger partial charge is 0.347 e. The highest BCUT2D eigenvalue weighted by Crippen LogP contribution is 2.28. The number of thiazole rings is 1. The normalized spacial score (nSPS) is 10.9. The van der Waals surface area contributed by atoms with E-state index in [1.807, 2.05) is 18.2 Å². The van der Waals surface area contributed by atoms with Gasteiger partial charge in [0.15, 0.2) is 17.3 Å². The van der Waals surface area contributed by atoms with Crippen molar-refractivity contribution in [2.45, 2.75) is 13.3 Å². The topological polar surface area (TPSA) is 86.0 Å². The maximum atomic E-state index is 11.1. The highest BCUT2D eigenvalue weighted by atomic mass is 32.1. The van der Waals surface area contributed by atoms with E-state index in [9.17, 15) is 4.79 Å². The average Bonchev–Trinajstić information content (AvgIpc) is 3.06. The summed E-state index contributed by atoms with van der Waals surface area (Å²) in [6.45, 7) is 1.72. The maximum Gasteiger partial charge on any atom is 0.347 e. The van der Waals surface area contributed by atoms with Crippen LogP contribution in [-0.2, 0) is 6.42 Å². The summed E-state index contributed by atoms with van der Waals surface area (Å²) in [7, 11) is 3.18. The molecule has 0 bridgehead atoms. The second kappa shape index (κ2) is 5.88. The lowest BCUT2D eigenvalue weighted by Gasteiger charge is -2.08. The predicted octanol–water partition coefficient (Wildman–Crippen LogP) is 2.41. The van der Waals surface area contributed by atoms with Crippen molar-refractivity contribution in [1.29, 1.82) is 0 Å². The van der Waals surface area contributed by atoms with Crippen LogP contribution in [0.2, 0.25) is 0 Å². The third-order valence-electron chi connectivity index (χ3n) is 3.47. The third-order valence-corrected chi connectivity index (χ3v) is 4.59. The molecule has 2 heterocycles. The van der Waals surface area contributed by atoms with Gasteiger partial charge in [0.2, 0.25) is 4.96 Å². The molecule has 1 aromatic carbocycles. The van der Waals surface area contributed by atoms with Crippen LogP contribution in [0.25, 0.3) is 4.96 Å². The number of ether oxygens (including phenoxy) is 2. The first-order chi connectivity index (χ1) is 11.0. The Hall–Kier alpha value is -2.61. The van der Waals surface area contributed by atoms with E-state index in [1.54, 1.807) is 25.7 Å². The van der Waals surface area contributed by atoms with Gasteiger partial charge in [-0.1, -0.05) is 17.4 Å². The van der Waals surface area contributed by atoms with E-state index in [1.165, 1.54) is 0 Å². The molecule has 0 atom stereocenters. The Morgan fingerprint density at radius 2 is 2.04 bits per heavy atom. The van der Waals surface area contributed by atoms with Gasteiger partial charge in [-0.05, 0) is 24.6 Å². The molecule has 2 aromatic heterocycles. The van der Waals surface area contributed by atoms with Gasteiger partial charge >= 0.3 is 5.97 Å². The number of rotatable bonds is 5. The lowest BCUT2D eigenvalue weighted by Crippen LogP contribution is -1.99. The highest BCUT2D eigenvalue weighted by molar-refractivity contribution is 7.18. The number of aromatic nitrogens is 3. The first kappa shape index (κ1) is 15.3. The standard InChI is InChI=1S/C15H15N3O4S/c1-8-13(14(19)20)23-15-16-12(17-18(8)15)7-9-4-5-10(21-2)11(6-9)22-3/h4-6H,7H2,1-3H3,(H,19,20). The molecular formula is C15H15N3O4S. The van der Waals surface area contributed by atoms with Gasteiger partial charge in [0.25, 0.3) is 0 Å². The quantitative estimate of drug-likeness (QED) is 0.771. The monoisotopic (exact) mass is 333 g/mol. The Bertz CT molecular complexity index is 884. The van der Waals surface area contributed by atoms with E-state index >= 15 is 0 Å². The molecule has 0 aliphatic carbocycles. The number of carbonyl (C=O) groups is 1. The van der Waals surface area contributed by atoms with Crippen LogP contribution in [0.4, 0.5) is 0 Å². The van der Waals surface area contributed by atoms with E-state index in [4.69, 9.17) is 14.6 Å². The van der Waals surface area contributed by atoms with Crippen LogP contribution < -0.4 is 9.47 Å². The first-order valence-electron chi connectivity index (χ1n) is 6.82. The average molecular weight is 333 g/mol. The molecule has 0 radical (unpaired) electrons. The van der Waals surface area contributed by atoms with Crippen LogP contribution in [0.3, 0.4) is 0 Å². The van der Waals surface area contributed by atoms with Gasteiger partial charge in [0, 0.05) is 6.42 Å². The van der Waals surface area contributed by atoms with E-state index in [0.717, 1.165) is 16.9 Å². The molecular weight excluding hydrogens is 318 g/mol. The zero-order chi connectivity index (χ0) is 16.6. The maximum absolute atomic E-state index is 11.1. The molecule has 0 aliphatic rings. The second-order valence-electron chi connectivity index (χ2n) is 4.91. The minimum atomic E-state index is -0.957. The molecule has 0 fully saturated rings. The molecule has 0 aliphatic heterocycles. The van der Waals surface area contributed by atoms with Gasteiger partial charge in [0.05, 0.1) is 19.9 Å². The number of nitrogens with zero attached hydrogens (tertiary/aromatic N) is 3. The number of carboxylic acid groups (broad SMARTS) is 1. The number of aryl methyl sites for hydroxylation is 1. The van der Waals surface area contributed by atoms with E-state index in [-0.39, 0.29) is 4.88 Å². The van der Waals surface area contributed by atoms with E-state index in [0.29, 0.717) is 34.4 Å². The Morgan fingerprint density at radius 3 is 2.65 bits per heavy atom. The zero-order valence-electron chi connectivity index (χ0n) is 12.9. The molecule has 3 aromatic rings. The number of carboxylic acids is 1. The second-order valence-corrected chi connectivity index (χ2v) is 5.89. The third kappa shape index (κ3) is 2.72. The molecule has 8 heteroatoms. The summed E-state index contributed by atoms with van der Waals surface area (Å²) < 4.78 is 12.1. The number of fused-ring (bicyclic) bond motifs is 1. The van der Waals surface area contributed by atoms with Crippen LogP contribution in [0.15, 0.2) is 18.2 Å². The Morgan fingerprint density at radius 1 is 1.30 bits per heavy atom. The summed E-state index contributed by atoms with van der Waals surface area (Å²) in [6, 6.07) is 5.63. The van der Waals surface area contributed by atoms with Crippen molar-refractivity contribution >= 4 is 22.3 Å².